The summed E-state index contributed by atoms with van der Waals surface area (Å²) in [7, 11) is 0. The molecule has 2 aliphatic rings. The van der Waals surface area contributed by atoms with E-state index in [9.17, 15) is 9.59 Å². The van der Waals surface area contributed by atoms with Gasteiger partial charge in [0, 0.05) is 43.1 Å². The molecule has 0 bridgehead atoms. The highest BCUT2D eigenvalue weighted by Gasteiger charge is 2.24. The van der Waals surface area contributed by atoms with Gasteiger partial charge in [-0.15, -0.1) is 0 Å². The number of anilines is 4. The van der Waals surface area contributed by atoms with E-state index in [1.165, 1.54) is 0 Å². The third-order valence-electron chi connectivity index (χ3n) is 5.60. The highest BCUT2D eigenvalue weighted by molar-refractivity contribution is 6.34. The van der Waals surface area contributed by atoms with Crippen LogP contribution in [0, 0.1) is 0 Å². The number of nitrogens with zero attached hydrogens (tertiary/aromatic N) is 2. The van der Waals surface area contributed by atoms with Gasteiger partial charge in [-0.05, 0) is 55.8 Å². The Morgan fingerprint density at radius 1 is 1.06 bits per heavy atom. The second kappa shape index (κ2) is 9.58. The van der Waals surface area contributed by atoms with Crippen molar-refractivity contribution < 1.29 is 14.3 Å². The molecule has 2 amide bonds. The third kappa shape index (κ3) is 5.11. The van der Waals surface area contributed by atoms with Gasteiger partial charge in [-0.2, -0.15) is 0 Å². The lowest BCUT2D eigenvalue weighted by Crippen LogP contribution is -2.36. The first-order chi connectivity index (χ1) is 15.0. The monoisotopic (exact) mass is 442 g/mol. The van der Waals surface area contributed by atoms with E-state index < -0.39 is 6.04 Å². The van der Waals surface area contributed by atoms with Crippen molar-refractivity contribution in [3.63, 3.8) is 0 Å². The molecular formula is C23H27ClN4O3. The van der Waals surface area contributed by atoms with Crippen LogP contribution >= 0.6 is 11.6 Å². The van der Waals surface area contributed by atoms with Crippen molar-refractivity contribution in [3.8, 4) is 0 Å². The fraction of sp³-hybridized carbons (Fsp3) is 0.391. The molecule has 2 aliphatic heterocycles. The van der Waals surface area contributed by atoms with Gasteiger partial charge in [0.25, 0.3) is 0 Å². The Morgan fingerprint density at radius 2 is 1.77 bits per heavy atom. The zero-order valence-electron chi connectivity index (χ0n) is 17.6. The summed E-state index contributed by atoms with van der Waals surface area (Å²) in [5.74, 6) is -0.0518. The molecule has 2 fully saturated rings. The van der Waals surface area contributed by atoms with Crippen LogP contribution in [-0.4, -0.2) is 50.7 Å². The summed E-state index contributed by atoms with van der Waals surface area (Å²) in [5.41, 5.74) is 3.31. The molecule has 8 heteroatoms. The standard InChI is InChI=1S/C23H27ClN4O3/c1-16(25-18-6-9-21(20(24)15-18)28-10-2-3-22(28)29)23(30)26-17-4-7-19(8-5-17)27-11-13-31-14-12-27/h4-9,15-16,25H,2-3,10-14H2,1H3,(H,26,30)/t16-/m0/s1. The minimum absolute atomic E-state index is 0.0926. The molecule has 0 spiro atoms. The molecule has 2 saturated heterocycles. The topological polar surface area (TPSA) is 73.9 Å². The van der Waals surface area contributed by atoms with Crippen LogP contribution in [0.2, 0.25) is 5.02 Å². The Morgan fingerprint density at radius 3 is 2.42 bits per heavy atom. The van der Waals surface area contributed by atoms with Crippen LogP contribution in [0.4, 0.5) is 22.7 Å². The molecule has 31 heavy (non-hydrogen) atoms. The largest absolute Gasteiger partial charge is 0.378 e. The second-order valence-electron chi connectivity index (χ2n) is 7.82. The number of hydrogen-bond donors (Lipinski definition) is 2. The number of ether oxygens (including phenoxy) is 1. The van der Waals surface area contributed by atoms with Gasteiger partial charge in [0.15, 0.2) is 0 Å². The Hall–Kier alpha value is -2.77. The van der Waals surface area contributed by atoms with E-state index in [0.29, 0.717) is 23.7 Å². The maximum Gasteiger partial charge on any atom is 0.246 e. The van der Waals surface area contributed by atoms with E-state index in [1.807, 2.05) is 36.4 Å². The lowest BCUT2D eigenvalue weighted by atomic mass is 10.2. The fourth-order valence-electron chi connectivity index (χ4n) is 3.86. The molecule has 2 aromatic rings. The highest BCUT2D eigenvalue weighted by atomic mass is 35.5. The van der Waals surface area contributed by atoms with E-state index >= 15 is 0 Å². The predicted molar refractivity (Wildman–Crippen MR) is 124 cm³/mol. The molecule has 0 aliphatic carbocycles. The molecule has 2 aromatic carbocycles. The number of hydrogen-bond acceptors (Lipinski definition) is 5. The van der Waals surface area contributed by atoms with Gasteiger partial charge in [-0.1, -0.05) is 11.6 Å². The lowest BCUT2D eigenvalue weighted by Gasteiger charge is -2.29. The van der Waals surface area contributed by atoms with Crippen molar-refractivity contribution in [3.05, 3.63) is 47.5 Å². The van der Waals surface area contributed by atoms with Crippen LogP contribution < -0.4 is 20.4 Å². The first-order valence-corrected chi connectivity index (χ1v) is 11.0. The number of amides is 2. The SMILES string of the molecule is C[C@H](Nc1ccc(N2CCCC2=O)c(Cl)c1)C(=O)Nc1ccc(N2CCOCC2)cc1. The molecule has 0 radical (unpaired) electrons. The van der Waals surface area contributed by atoms with Gasteiger partial charge in [0.1, 0.15) is 6.04 Å². The first-order valence-electron chi connectivity index (χ1n) is 10.6. The van der Waals surface area contributed by atoms with Gasteiger partial charge < -0.3 is 25.2 Å². The van der Waals surface area contributed by atoms with Gasteiger partial charge in [0.05, 0.1) is 23.9 Å². The van der Waals surface area contributed by atoms with Crippen molar-refractivity contribution in [2.24, 2.45) is 0 Å². The number of carbonyl (C=O) groups excluding carboxylic acids is 2. The number of morpholine rings is 1. The van der Waals surface area contributed by atoms with E-state index in [1.54, 1.807) is 17.9 Å². The summed E-state index contributed by atoms with van der Waals surface area (Å²) in [6, 6.07) is 12.8. The van der Waals surface area contributed by atoms with Crippen molar-refractivity contribution >= 4 is 46.2 Å². The Kier molecular flexibility index (Phi) is 6.63. The van der Waals surface area contributed by atoms with Gasteiger partial charge in [-0.3, -0.25) is 9.59 Å². The van der Waals surface area contributed by atoms with Crippen molar-refractivity contribution in [1.82, 2.24) is 0 Å². The Bertz CT molecular complexity index is 944. The molecule has 2 heterocycles. The van der Waals surface area contributed by atoms with Crippen LogP contribution in [0.5, 0.6) is 0 Å². The van der Waals surface area contributed by atoms with Gasteiger partial charge in [-0.25, -0.2) is 0 Å². The molecule has 2 N–H and O–H groups in total. The number of carbonyl (C=O) groups is 2. The summed E-state index contributed by atoms with van der Waals surface area (Å²) < 4.78 is 5.39. The average Bonchev–Trinajstić information content (AvgIpc) is 3.20. The van der Waals surface area contributed by atoms with Gasteiger partial charge >= 0.3 is 0 Å². The molecule has 1 atom stereocenters. The van der Waals surface area contributed by atoms with E-state index in [-0.39, 0.29) is 11.8 Å². The van der Waals surface area contributed by atoms with E-state index in [0.717, 1.165) is 49.8 Å². The van der Waals surface area contributed by atoms with Crippen LogP contribution in [0.25, 0.3) is 0 Å². The van der Waals surface area contributed by atoms with Crippen LogP contribution in [0.3, 0.4) is 0 Å². The number of rotatable bonds is 6. The average molecular weight is 443 g/mol. The fourth-order valence-corrected chi connectivity index (χ4v) is 4.14. The molecule has 0 saturated carbocycles. The Labute approximate surface area is 187 Å². The number of halogens is 1. The molecule has 164 valence electrons. The Balaban J connectivity index is 1.34. The quantitative estimate of drug-likeness (QED) is 0.712. The van der Waals surface area contributed by atoms with Crippen LogP contribution in [0.15, 0.2) is 42.5 Å². The summed E-state index contributed by atoms with van der Waals surface area (Å²) in [5, 5.41) is 6.60. The normalized spacial score (nSPS) is 17.5. The molecule has 4 rings (SSSR count). The molecular weight excluding hydrogens is 416 g/mol. The third-order valence-corrected chi connectivity index (χ3v) is 5.90. The van der Waals surface area contributed by atoms with Gasteiger partial charge in [0.2, 0.25) is 11.8 Å². The second-order valence-corrected chi connectivity index (χ2v) is 8.22. The zero-order valence-corrected chi connectivity index (χ0v) is 18.3. The molecule has 0 aromatic heterocycles. The molecule has 7 nitrogen and oxygen atoms in total. The molecule has 0 unspecified atom stereocenters. The summed E-state index contributed by atoms with van der Waals surface area (Å²) in [4.78, 5) is 28.6. The van der Waals surface area contributed by atoms with E-state index in [4.69, 9.17) is 16.3 Å². The maximum absolute atomic E-state index is 12.6. The van der Waals surface area contributed by atoms with E-state index in [2.05, 4.69) is 15.5 Å². The highest BCUT2D eigenvalue weighted by Crippen LogP contribution is 2.32. The van der Waals surface area contributed by atoms with Crippen molar-refractivity contribution in [2.45, 2.75) is 25.8 Å². The summed E-state index contributed by atoms with van der Waals surface area (Å²) >= 11 is 6.40. The minimum atomic E-state index is -0.464. The number of nitrogens with one attached hydrogen (secondary N) is 2. The predicted octanol–water partition coefficient (Wildman–Crippen LogP) is 3.74. The van der Waals surface area contributed by atoms with Crippen molar-refractivity contribution in [2.75, 3.05) is 53.3 Å². The smallest absolute Gasteiger partial charge is 0.246 e. The number of benzene rings is 2. The van der Waals surface area contributed by atoms with Crippen molar-refractivity contribution in [1.29, 1.82) is 0 Å². The zero-order chi connectivity index (χ0) is 21.8. The summed E-state index contributed by atoms with van der Waals surface area (Å²) in [6.45, 7) is 5.71. The van der Waals surface area contributed by atoms with Crippen LogP contribution in [-0.2, 0) is 14.3 Å². The first kappa shape index (κ1) is 21.5. The van der Waals surface area contributed by atoms with Crippen LogP contribution in [0.1, 0.15) is 19.8 Å². The lowest BCUT2D eigenvalue weighted by molar-refractivity contribution is -0.117. The maximum atomic E-state index is 12.6. The summed E-state index contributed by atoms with van der Waals surface area (Å²) in [6.07, 6.45) is 1.40. The minimum Gasteiger partial charge on any atom is -0.378 e.